The van der Waals surface area contributed by atoms with E-state index in [0.29, 0.717) is 11.6 Å². The molecule has 0 bridgehead atoms. The summed E-state index contributed by atoms with van der Waals surface area (Å²) in [6, 6.07) is 21.0. The SMILES string of the molecule is [C-]#[N+]c1ccc(N2CC(CN3CCC([C@@](C#N)(c4ccccc4)[C@H]4CCC[C@@H]4NC(=O)OC)CC3)C2)cc1. The molecule has 2 aromatic rings. The molecule has 5 rings (SSSR count). The second kappa shape index (κ2) is 11.5. The van der Waals surface area contributed by atoms with Gasteiger partial charge in [-0.05, 0) is 62.4 Å². The van der Waals surface area contributed by atoms with Crippen LogP contribution in [-0.2, 0) is 10.2 Å². The van der Waals surface area contributed by atoms with Crippen LogP contribution >= 0.6 is 0 Å². The summed E-state index contributed by atoms with van der Waals surface area (Å²) in [5, 5.41) is 13.9. The molecule has 2 heterocycles. The number of piperidine rings is 1. The second-order valence-electron chi connectivity index (χ2n) is 11.1. The lowest BCUT2D eigenvalue weighted by Gasteiger charge is -2.48. The zero-order valence-corrected chi connectivity index (χ0v) is 22.2. The van der Waals surface area contributed by atoms with E-state index in [2.05, 4.69) is 38.2 Å². The Hall–Kier alpha value is -3.55. The third-order valence-electron chi connectivity index (χ3n) is 9.07. The van der Waals surface area contributed by atoms with Crippen molar-refractivity contribution in [1.82, 2.24) is 10.2 Å². The van der Waals surface area contributed by atoms with Gasteiger partial charge in [-0.3, -0.25) is 0 Å². The first-order valence-corrected chi connectivity index (χ1v) is 13.8. The van der Waals surface area contributed by atoms with Crippen molar-refractivity contribution < 1.29 is 9.53 Å². The molecular weight excluding hydrogens is 474 g/mol. The van der Waals surface area contributed by atoms with Gasteiger partial charge in [-0.1, -0.05) is 48.9 Å². The van der Waals surface area contributed by atoms with Crippen LogP contribution in [0.3, 0.4) is 0 Å². The predicted octanol–water partition coefficient (Wildman–Crippen LogP) is 5.37. The molecule has 1 amide bonds. The molecule has 7 heteroatoms. The highest BCUT2D eigenvalue weighted by Crippen LogP contribution is 2.50. The number of hydrogen-bond acceptors (Lipinski definition) is 5. The van der Waals surface area contributed by atoms with E-state index in [4.69, 9.17) is 11.3 Å². The van der Waals surface area contributed by atoms with Crippen molar-refractivity contribution in [2.45, 2.75) is 43.6 Å². The quantitative estimate of drug-likeness (QED) is 0.506. The highest BCUT2D eigenvalue weighted by atomic mass is 16.5. The molecule has 0 aromatic heterocycles. The van der Waals surface area contributed by atoms with Gasteiger partial charge < -0.3 is 19.9 Å². The van der Waals surface area contributed by atoms with Gasteiger partial charge in [0.2, 0.25) is 0 Å². The monoisotopic (exact) mass is 511 g/mol. The van der Waals surface area contributed by atoms with E-state index in [1.165, 1.54) is 12.8 Å². The summed E-state index contributed by atoms with van der Waals surface area (Å²) in [6.07, 6.45) is 4.39. The van der Waals surface area contributed by atoms with Crippen molar-refractivity contribution in [3.8, 4) is 6.07 Å². The minimum atomic E-state index is -0.625. The molecular formula is C31H37N5O2. The Morgan fingerprint density at radius 2 is 1.82 bits per heavy atom. The van der Waals surface area contributed by atoms with Crippen molar-refractivity contribution >= 4 is 17.5 Å². The normalized spacial score (nSPS) is 24.0. The fourth-order valence-corrected chi connectivity index (χ4v) is 7.16. The van der Waals surface area contributed by atoms with Crippen LogP contribution in [0.2, 0.25) is 0 Å². The Morgan fingerprint density at radius 1 is 1.11 bits per heavy atom. The molecule has 1 saturated carbocycles. The lowest BCUT2D eigenvalue weighted by atomic mass is 9.59. The van der Waals surface area contributed by atoms with Crippen LogP contribution in [0.4, 0.5) is 16.2 Å². The Labute approximate surface area is 226 Å². The number of nitriles is 1. The van der Waals surface area contributed by atoms with E-state index in [9.17, 15) is 10.1 Å². The fourth-order valence-electron chi connectivity index (χ4n) is 7.16. The lowest BCUT2D eigenvalue weighted by Crippen LogP contribution is -2.55. The number of carbonyl (C=O) groups excluding carboxylic acids is 1. The van der Waals surface area contributed by atoms with Gasteiger partial charge in [0.25, 0.3) is 0 Å². The molecule has 7 nitrogen and oxygen atoms in total. The third-order valence-corrected chi connectivity index (χ3v) is 9.07. The summed E-state index contributed by atoms with van der Waals surface area (Å²) in [5.41, 5.74) is 2.34. The molecule has 3 atom stereocenters. The number of anilines is 1. The van der Waals surface area contributed by atoms with Crippen molar-refractivity contribution in [2.75, 3.05) is 44.7 Å². The number of nitrogens with zero attached hydrogens (tertiary/aromatic N) is 4. The number of hydrogen-bond donors (Lipinski definition) is 1. The third kappa shape index (κ3) is 5.08. The van der Waals surface area contributed by atoms with Gasteiger partial charge in [0.15, 0.2) is 5.69 Å². The van der Waals surface area contributed by atoms with Gasteiger partial charge in [0.05, 0.1) is 25.2 Å². The van der Waals surface area contributed by atoms with Gasteiger partial charge >= 0.3 is 6.09 Å². The average Bonchev–Trinajstić information content (AvgIpc) is 3.41. The predicted molar refractivity (Wildman–Crippen MR) is 148 cm³/mol. The molecule has 1 N–H and O–H groups in total. The minimum Gasteiger partial charge on any atom is -0.453 e. The number of ether oxygens (including phenoxy) is 1. The molecule has 0 unspecified atom stereocenters. The maximum atomic E-state index is 12.1. The molecule has 0 spiro atoms. The van der Waals surface area contributed by atoms with Gasteiger partial charge in [-0.15, -0.1) is 0 Å². The van der Waals surface area contributed by atoms with E-state index in [0.717, 1.165) is 70.4 Å². The first kappa shape index (κ1) is 26.1. The van der Waals surface area contributed by atoms with Crippen LogP contribution in [0.5, 0.6) is 0 Å². The van der Waals surface area contributed by atoms with Crippen molar-refractivity contribution in [1.29, 1.82) is 5.26 Å². The van der Waals surface area contributed by atoms with Crippen molar-refractivity contribution in [3.05, 3.63) is 71.6 Å². The molecule has 3 aliphatic rings. The fraction of sp³-hybridized carbons (Fsp3) is 0.516. The summed E-state index contributed by atoms with van der Waals surface area (Å²) in [6.45, 7) is 12.3. The maximum Gasteiger partial charge on any atom is 0.407 e. The van der Waals surface area contributed by atoms with Gasteiger partial charge in [0, 0.05) is 43.2 Å². The molecule has 2 saturated heterocycles. The molecule has 2 aromatic carbocycles. The summed E-state index contributed by atoms with van der Waals surface area (Å²) in [4.78, 5) is 20.6. The molecule has 0 radical (unpaired) electrons. The number of carbonyl (C=O) groups is 1. The highest BCUT2D eigenvalue weighted by Gasteiger charge is 2.52. The molecule has 2 aliphatic heterocycles. The Bertz CT molecular complexity index is 1170. The lowest BCUT2D eigenvalue weighted by molar-refractivity contribution is 0.0939. The largest absolute Gasteiger partial charge is 0.453 e. The number of amides is 1. The Kier molecular flexibility index (Phi) is 7.86. The van der Waals surface area contributed by atoms with Crippen LogP contribution in [0.25, 0.3) is 4.85 Å². The standard InChI is InChI=1S/C31H37N5O2/c1-33-26-11-13-27(14-12-26)36-20-23(21-36)19-35-17-15-25(16-18-35)31(22-32,24-7-4-3-5-8-24)28-9-6-10-29(28)34-30(37)38-2/h3-5,7-8,11-14,23,25,28-29H,6,9-10,15-21H2,2H3,(H,34,37)/t28-,29-,31+/m0/s1. The van der Waals surface area contributed by atoms with Gasteiger partial charge in [-0.2, -0.15) is 5.26 Å². The summed E-state index contributed by atoms with van der Waals surface area (Å²) in [7, 11) is 1.40. The van der Waals surface area contributed by atoms with Crippen molar-refractivity contribution in [2.24, 2.45) is 17.8 Å². The van der Waals surface area contributed by atoms with Crippen LogP contribution in [0.1, 0.15) is 37.7 Å². The topological polar surface area (TPSA) is 73.0 Å². The average molecular weight is 512 g/mol. The second-order valence-corrected chi connectivity index (χ2v) is 11.1. The summed E-state index contributed by atoms with van der Waals surface area (Å²) in [5.74, 6) is 0.959. The number of rotatable bonds is 7. The smallest absolute Gasteiger partial charge is 0.407 e. The van der Waals surface area contributed by atoms with Gasteiger partial charge in [-0.25, -0.2) is 9.64 Å². The van der Waals surface area contributed by atoms with E-state index in [1.807, 2.05) is 42.5 Å². The van der Waals surface area contributed by atoms with E-state index in [-0.39, 0.29) is 17.9 Å². The van der Waals surface area contributed by atoms with Crippen LogP contribution in [-0.4, -0.2) is 56.9 Å². The Morgan fingerprint density at radius 3 is 2.45 bits per heavy atom. The number of methoxy groups -OCH3 is 1. The summed E-state index contributed by atoms with van der Waals surface area (Å²) >= 11 is 0. The van der Waals surface area contributed by atoms with Crippen LogP contribution in [0.15, 0.2) is 54.6 Å². The van der Waals surface area contributed by atoms with E-state index >= 15 is 0 Å². The zero-order valence-electron chi connectivity index (χ0n) is 22.2. The van der Waals surface area contributed by atoms with E-state index < -0.39 is 11.5 Å². The molecule has 198 valence electrons. The number of likely N-dealkylation sites (tertiary alicyclic amines) is 1. The van der Waals surface area contributed by atoms with Crippen molar-refractivity contribution in [3.63, 3.8) is 0 Å². The Balaban J connectivity index is 1.24. The summed E-state index contributed by atoms with van der Waals surface area (Å²) < 4.78 is 4.92. The van der Waals surface area contributed by atoms with E-state index in [1.54, 1.807) is 0 Å². The first-order chi connectivity index (χ1) is 18.6. The number of benzene rings is 2. The van der Waals surface area contributed by atoms with Crippen LogP contribution in [0, 0.1) is 35.7 Å². The van der Waals surface area contributed by atoms with Crippen LogP contribution < -0.4 is 10.2 Å². The minimum absolute atomic E-state index is 0.0508. The zero-order chi connectivity index (χ0) is 26.5. The molecule has 1 aliphatic carbocycles. The number of nitrogens with one attached hydrogen (secondary N) is 1. The number of alkyl carbamates (subject to hydrolysis) is 1. The molecule has 38 heavy (non-hydrogen) atoms. The first-order valence-electron chi connectivity index (χ1n) is 13.8. The maximum absolute atomic E-state index is 12.1. The highest BCUT2D eigenvalue weighted by molar-refractivity contribution is 5.67. The molecule has 3 fully saturated rings. The van der Waals surface area contributed by atoms with Gasteiger partial charge in [0.1, 0.15) is 0 Å².